The average Bonchev–Trinajstić information content (AvgIpc) is 2.14. The zero-order valence-electron chi connectivity index (χ0n) is 7.93. The topological polar surface area (TPSA) is 46.5 Å². The summed E-state index contributed by atoms with van der Waals surface area (Å²) < 4.78 is 4.90. The van der Waals surface area contributed by atoms with Crippen molar-refractivity contribution in [1.29, 1.82) is 0 Å². The van der Waals surface area contributed by atoms with Crippen molar-refractivity contribution in [2.24, 2.45) is 0 Å². The fourth-order valence-electron chi connectivity index (χ4n) is 1.04. The molecule has 3 heteroatoms. The largest absolute Gasteiger partial charge is 0.427 e. The predicted octanol–water partition coefficient (Wildman–Crippen LogP) is 1.62. The quantitative estimate of drug-likeness (QED) is 0.584. The van der Waals surface area contributed by atoms with Crippen LogP contribution in [0.2, 0.25) is 0 Å². The maximum absolute atomic E-state index is 10.7. The second-order valence-corrected chi connectivity index (χ2v) is 2.75. The molecule has 1 rings (SSSR count). The molecule has 0 aliphatic heterocycles. The van der Waals surface area contributed by atoms with Gasteiger partial charge < -0.3 is 9.84 Å². The van der Waals surface area contributed by atoms with E-state index in [1.807, 2.05) is 6.07 Å². The van der Waals surface area contributed by atoms with Gasteiger partial charge in [0.25, 0.3) is 0 Å². The van der Waals surface area contributed by atoms with Crippen LogP contribution in [0.15, 0.2) is 30.3 Å². The molecular weight excluding hydrogens is 180 g/mol. The molecule has 0 bridgehead atoms. The van der Waals surface area contributed by atoms with Crippen LogP contribution < -0.4 is 4.74 Å². The third-order valence-electron chi connectivity index (χ3n) is 1.54. The molecule has 0 aliphatic rings. The van der Waals surface area contributed by atoms with Crippen molar-refractivity contribution in [3.8, 4) is 5.75 Å². The molecule has 0 amide bonds. The van der Waals surface area contributed by atoms with Gasteiger partial charge in [-0.05, 0) is 17.7 Å². The summed E-state index contributed by atoms with van der Waals surface area (Å²) >= 11 is 0. The molecule has 1 aromatic carbocycles. The molecule has 0 heterocycles. The maximum Gasteiger partial charge on any atom is 0.308 e. The summed E-state index contributed by atoms with van der Waals surface area (Å²) in [6.07, 6.45) is 3.37. The van der Waals surface area contributed by atoms with E-state index in [0.29, 0.717) is 5.75 Å². The monoisotopic (exact) mass is 192 g/mol. The van der Waals surface area contributed by atoms with Gasteiger partial charge in [-0.25, -0.2) is 0 Å². The molecule has 1 N–H and O–H groups in total. The molecule has 0 atom stereocenters. The van der Waals surface area contributed by atoms with Gasteiger partial charge in [0.15, 0.2) is 0 Å². The third-order valence-corrected chi connectivity index (χ3v) is 1.54. The first-order valence-electron chi connectivity index (χ1n) is 4.28. The Bertz CT molecular complexity index is 342. The zero-order chi connectivity index (χ0) is 10.4. The predicted molar refractivity (Wildman–Crippen MR) is 53.9 cm³/mol. The molecule has 0 unspecified atom stereocenters. The van der Waals surface area contributed by atoms with Crippen molar-refractivity contribution < 1.29 is 14.6 Å². The first-order chi connectivity index (χ1) is 6.72. The normalized spacial score (nSPS) is 10.4. The van der Waals surface area contributed by atoms with Crippen LogP contribution >= 0.6 is 0 Å². The molecule has 0 saturated heterocycles. The summed E-state index contributed by atoms with van der Waals surface area (Å²) in [4.78, 5) is 10.7. The van der Waals surface area contributed by atoms with Crippen LogP contribution in [-0.2, 0) is 4.79 Å². The Morgan fingerprint density at radius 2 is 2.36 bits per heavy atom. The number of rotatable bonds is 3. The number of carbonyl (C=O) groups is 1. The Balaban J connectivity index is 2.78. The minimum absolute atomic E-state index is 0.00219. The molecule has 14 heavy (non-hydrogen) atoms. The van der Waals surface area contributed by atoms with E-state index in [4.69, 9.17) is 9.84 Å². The molecule has 1 aromatic rings. The highest BCUT2D eigenvalue weighted by Crippen LogP contribution is 2.14. The molecular formula is C11H12O3. The smallest absolute Gasteiger partial charge is 0.308 e. The SMILES string of the molecule is CC(=O)Oc1cccc(/C=C/CO)c1. The van der Waals surface area contributed by atoms with Gasteiger partial charge in [0.2, 0.25) is 0 Å². The van der Waals surface area contributed by atoms with Crippen LogP contribution in [0.5, 0.6) is 5.75 Å². The van der Waals surface area contributed by atoms with E-state index in [-0.39, 0.29) is 12.6 Å². The number of benzene rings is 1. The van der Waals surface area contributed by atoms with E-state index in [2.05, 4.69) is 0 Å². The molecule has 3 nitrogen and oxygen atoms in total. The van der Waals surface area contributed by atoms with Crippen molar-refractivity contribution in [1.82, 2.24) is 0 Å². The molecule has 0 aliphatic carbocycles. The molecule has 0 fully saturated rings. The van der Waals surface area contributed by atoms with Crippen LogP contribution in [0.3, 0.4) is 0 Å². The number of aliphatic hydroxyl groups is 1. The minimum atomic E-state index is -0.340. The molecule has 0 saturated carbocycles. The van der Waals surface area contributed by atoms with Gasteiger partial charge in [0.1, 0.15) is 5.75 Å². The van der Waals surface area contributed by atoms with E-state index in [1.54, 1.807) is 30.4 Å². The summed E-state index contributed by atoms with van der Waals surface area (Å²) in [6, 6.07) is 7.08. The Hall–Kier alpha value is -1.61. The second-order valence-electron chi connectivity index (χ2n) is 2.75. The minimum Gasteiger partial charge on any atom is -0.427 e. The van der Waals surface area contributed by atoms with Gasteiger partial charge in [-0.3, -0.25) is 4.79 Å². The Morgan fingerprint density at radius 1 is 1.57 bits per heavy atom. The summed E-state index contributed by atoms with van der Waals surface area (Å²) in [6.45, 7) is 1.36. The van der Waals surface area contributed by atoms with Crippen LogP contribution in [0.1, 0.15) is 12.5 Å². The lowest BCUT2D eigenvalue weighted by Gasteiger charge is -2.01. The molecule has 74 valence electrons. The lowest BCUT2D eigenvalue weighted by molar-refractivity contribution is -0.131. The van der Waals surface area contributed by atoms with Crippen molar-refractivity contribution in [2.75, 3.05) is 6.61 Å². The Morgan fingerprint density at radius 3 is 3.00 bits per heavy atom. The Labute approximate surface area is 82.6 Å². The van der Waals surface area contributed by atoms with E-state index >= 15 is 0 Å². The van der Waals surface area contributed by atoms with Gasteiger partial charge >= 0.3 is 5.97 Å². The number of ether oxygens (including phenoxy) is 1. The van der Waals surface area contributed by atoms with E-state index in [0.717, 1.165) is 5.56 Å². The first kappa shape index (κ1) is 10.5. The van der Waals surface area contributed by atoms with Crippen molar-refractivity contribution in [2.45, 2.75) is 6.92 Å². The lowest BCUT2D eigenvalue weighted by atomic mass is 10.2. The van der Waals surface area contributed by atoms with E-state index < -0.39 is 0 Å². The summed E-state index contributed by atoms with van der Waals surface area (Å²) in [5.74, 6) is 0.172. The van der Waals surface area contributed by atoms with E-state index in [1.165, 1.54) is 6.92 Å². The summed E-state index contributed by atoms with van der Waals surface area (Å²) in [5.41, 5.74) is 0.887. The summed E-state index contributed by atoms with van der Waals surface area (Å²) in [7, 11) is 0. The number of hydrogen-bond acceptors (Lipinski definition) is 3. The standard InChI is InChI=1S/C11H12O3/c1-9(13)14-11-6-2-4-10(8-11)5-3-7-12/h2-6,8,12H,7H2,1H3/b5-3+. The van der Waals surface area contributed by atoms with Crippen molar-refractivity contribution >= 4 is 12.0 Å². The van der Waals surface area contributed by atoms with Crippen molar-refractivity contribution in [3.63, 3.8) is 0 Å². The fraction of sp³-hybridized carbons (Fsp3) is 0.182. The van der Waals surface area contributed by atoms with Crippen LogP contribution in [0.4, 0.5) is 0 Å². The number of aliphatic hydroxyl groups excluding tert-OH is 1. The molecule has 0 spiro atoms. The van der Waals surface area contributed by atoms with E-state index in [9.17, 15) is 4.79 Å². The average molecular weight is 192 g/mol. The number of esters is 1. The number of carbonyl (C=O) groups excluding carboxylic acids is 1. The van der Waals surface area contributed by atoms with Gasteiger partial charge in [-0.1, -0.05) is 24.3 Å². The molecule has 0 aromatic heterocycles. The molecule has 0 radical (unpaired) electrons. The van der Waals surface area contributed by atoms with Gasteiger partial charge in [0.05, 0.1) is 6.61 Å². The van der Waals surface area contributed by atoms with Gasteiger partial charge in [0, 0.05) is 6.92 Å². The van der Waals surface area contributed by atoms with Gasteiger partial charge in [-0.2, -0.15) is 0 Å². The van der Waals surface area contributed by atoms with Crippen LogP contribution in [0, 0.1) is 0 Å². The lowest BCUT2D eigenvalue weighted by Crippen LogP contribution is -2.00. The third kappa shape index (κ3) is 3.41. The van der Waals surface area contributed by atoms with Crippen molar-refractivity contribution in [3.05, 3.63) is 35.9 Å². The van der Waals surface area contributed by atoms with Crippen LogP contribution in [0.25, 0.3) is 6.08 Å². The second kappa shape index (κ2) is 5.19. The highest BCUT2D eigenvalue weighted by molar-refractivity contribution is 5.69. The van der Waals surface area contributed by atoms with Crippen LogP contribution in [-0.4, -0.2) is 17.7 Å². The van der Waals surface area contributed by atoms with Gasteiger partial charge in [-0.15, -0.1) is 0 Å². The zero-order valence-corrected chi connectivity index (χ0v) is 7.93. The Kier molecular flexibility index (Phi) is 3.88. The maximum atomic E-state index is 10.7. The number of hydrogen-bond donors (Lipinski definition) is 1. The summed E-state index contributed by atoms with van der Waals surface area (Å²) in [5, 5.41) is 8.57. The fourth-order valence-corrected chi connectivity index (χ4v) is 1.04. The first-order valence-corrected chi connectivity index (χ1v) is 4.28. The highest BCUT2D eigenvalue weighted by Gasteiger charge is 1.97. The highest BCUT2D eigenvalue weighted by atomic mass is 16.5.